The lowest BCUT2D eigenvalue weighted by Crippen LogP contribution is -2.44. The topological polar surface area (TPSA) is 74.4 Å². The number of nitrogens with zero attached hydrogens (tertiary/aromatic N) is 2. The average Bonchev–Trinajstić information content (AvgIpc) is 3.50. The molecule has 0 spiro atoms. The van der Waals surface area contributed by atoms with Crippen LogP contribution in [0.4, 0.5) is 8.78 Å². The Morgan fingerprint density at radius 3 is 2.52 bits per heavy atom. The fourth-order valence-electron chi connectivity index (χ4n) is 4.59. The van der Waals surface area contributed by atoms with Crippen LogP contribution in [0.5, 0.6) is 11.5 Å². The molecule has 0 atom stereocenters. The van der Waals surface area contributed by atoms with Crippen LogP contribution in [0.3, 0.4) is 0 Å². The Hall–Kier alpha value is -3.17. The summed E-state index contributed by atoms with van der Waals surface area (Å²) in [6.45, 7) is 2.76. The predicted octanol–water partition coefficient (Wildman–Crippen LogP) is 3.36. The van der Waals surface area contributed by atoms with E-state index >= 15 is 0 Å². The fraction of sp³-hybridized carbons (Fsp3) is 0.375. The molecule has 1 aromatic carbocycles. The molecule has 2 aliphatic heterocycles. The number of fused-ring (bicyclic) bond motifs is 1. The van der Waals surface area contributed by atoms with Crippen LogP contribution in [0, 0.1) is 11.6 Å². The predicted molar refractivity (Wildman–Crippen MR) is 122 cm³/mol. The van der Waals surface area contributed by atoms with Crippen molar-refractivity contribution in [1.29, 1.82) is 0 Å². The Kier molecular flexibility index (Phi) is 5.90. The van der Waals surface area contributed by atoms with Gasteiger partial charge in [-0.1, -0.05) is 0 Å². The number of halogens is 2. The van der Waals surface area contributed by atoms with Crippen molar-refractivity contribution in [3.05, 3.63) is 59.1 Å². The molecular weight excluding hydrogens is 428 g/mol. The lowest BCUT2D eigenvalue weighted by molar-refractivity contribution is 0.182. The van der Waals surface area contributed by atoms with E-state index in [9.17, 15) is 8.78 Å². The first-order chi connectivity index (χ1) is 16.1. The molecule has 5 rings (SSSR count). The third-order valence-electron chi connectivity index (χ3n) is 6.47. The number of pyridine rings is 1. The van der Waals surface area contributed by atoms with Gasteiger partial charge in [-0.05, 0) is 48.7 Å². The summed E-state index contributed by atoms with van der Waals surface area (Å²) in [6.07, 6.45) is 7.95. The molecule has 9 heteroatoms. The van der Waals surface area contributed by atoms with Crippen molar-refractivity contribution in [3.8, 4) is 11.5 Å². The van der Waals surface area contributed by atoms with Crippen LogP contribution in [-0.4, -0.2) is 54.9 Å². The second-order valence-electron chi connectivity index (χ2n) is 8.38. The van der Waals surface area contributed by atoms with Crippen molar-refractivity contribution in [3.63, 3.8) is 0 Å². The van der Waals surface area contributed by atoms with Crippen molar-refractivity contribution in [2.24, 2.45) is 0 Å². The monoisotopic (exact) mass is 455 g/mol. The van der Waals surface area contributed by atoms with E-state index in [0.29, 0.717) is 18.2 Å². The quantitative estimate of drug-likeness (QED) is 0.529. The van der Waals surface area contributed by atoms with Crippen LogP contribution in [-0.2, 0) is 6.42 Å². The van der Waals surface area contributed by atoms with Gasteiger partial charge in [0.15, 0.2) is 23.1 Å². The smallest absolute Gasteiger partial charge is 0.171 e. The number of benzene rings is 1. The molecule has 0 unspecified atom stereocenters. The fourth-order valence-corrected chi connectivity index (χ4v) is 4.59. The number of H-pyrrole nitrogens is 1. The number of piperidine rings is 1. The number of nitrogens with one attached hydrogen (secondary N) is 3. The summed E-state index contributed by atoms with van der Waals surface area (Å²) >= 11 is 0. The van der Waals surface area contributed by atoms with E-state index in [1.807, 2.05) is 12.3 Å². The number of hydrogen-bond donors (Lipinski definition) is 3. The second-order valence-corrected chi connectivity index (χ2v) is 8.38. The number of ether oxygens (including phenoxy) is 2. The minimum Gasteiger partial charge on any atom is -0.494 e. The van der Waals surface area contributed by atoms with Gasteiger partial charge < -0.3 is 24.8 Å². The van der Waals surface area contributed by atoms with Crippen molar-refractivity contribution in [1.82, 2.24) is 25.7 Å². The maximum absolute atomic E-state index is 14.9. The molecule has 4 heterocycles. The minimum absolute atomic E-state index is 0.0366. The van der Waals surface area contributed by atoms with Gasteiger partial charge in [-0.25, -0.2) is 19.2 Å². The molecule has 3 N–H and O–H groups in total. The van der Waals surface area contributed by atoms with E-state index in [-0.39, 0.29) is 23.5 Å². The zero-order valence-electron chi connectivity index (χ0n) is 18.7. The standard InChI is InChI=1S/C24H27F2N5O2/c1-32-20-9-21(33-2)23(26)19(22(20)25)8-15-11-29-24-18(15)7-14(10-28-24)16-12-30-31(13-16)17-3-5-27-6-4-17/h7,9-11,13,17,27,30H,3-6,8,12H2,1-2H3,(H,28,29). The molecule has 2 aromatic heterocycles. The van der Waals surface area contributed by atoms with Crippen LogP contribution in [0.1, 0.15) is 29.5 Å². The summed E-state index contributed by atoms with van der Waals surface area (Å²) in [6, 6.07) is 3.72. The summed E-state index contributed by atoms with van der Waals surface area (Å²) in [4.78, 5) is 7.66. The lowest BCUT2D eigenvalue weighted by Gasteiger charge is -2.31. The van der Waals surface area contributed by atoms with Crippen LogP contribution in [0.25, 0.3) is 16.6 Å². The molecule has 1 fully saturated rings. The summed E-state index contributed by atoms with van der Waals surface area (Å²) in [7, 11) is 2.69. The number of hydrogen-bond acceptors (Lipinski definition) is 6. The van der Waals surface area contributed by atoms with Crippen molar-refractivity contribution >= 4 is 16.6 Å². The zero-order valence-corrected chi connectivity index (χ0v) is 18.7. The number of methoxy groups -OCH3 is 2. The van der Waals surface area contributed by atoms with Gasteiger partial charge in [-0.15, -0.1) is 0 Å². The molecule has 0 saturated carbocycles. The molecule has 3 aromatic rings. The van der Waals surface area contributed by atoms with E-state index in [1.165, 1.54) is 20.3 Å². The molecule has 2 aliphatic rings. The maximum Gasteiger partial charge on any atom is 0.171 e. The zero-order chi connectivity index (χ0) is 22.9. The van der Waals surface area contributed by atoms with Gasteiger partial charge >= 0.3 is 0 Å². The maximum atomic E-state index is 14.9. The Labute approximate surface area is 190 Å². The third-order valence-corrected chi connectivity index (χ3v) is 6.47. The molecule has 0 radical (unpaired) electrons. The molecule has 0 aliphatic carbocycles. The van der Waals surface area contributed by atoms with E-state index in [1.54, 1.807) is 6.20 Å². The summed E-state index contributed by atoms with van der Waals surface area (Å²) in [5, 5.41) is 6.42. The van der Waals surface area contributed by atoms with Crippen LogP contribution in [0.15, 0.2) is 30.7 Å². The molecule has 1 saturated heterocycles. The highest BCUT2D eigenvalue weighted by molar-refractivity contribution is 5.84. The van der Waals surface area contributed by atoms with Gasteiger partial charge in [0.1, 0.15) is 5.65 Å². The molecule has 7 nitrogen and oxygen atoms in total. The number of hydrazine groups is 1. The van der Waals surface area contributed by atoms with E-state index in [4.69, 9.17) is 9.47 Å². The normalized spacial score (nSPS) is 17.0. The van der Waals surface area contributed by atoms with Crippen LogP contribution in [0.2, 0.25) is 0 Å². The highest BCUT2D eigenvalue weighted by Crippen LogP contribution is 2.34. The minimum atomic E-state index is -0.727. The number of aromatic nitrogens is 2. The van der Waals surface area contributed by atoms with Gasteiger partial charge in [0.25, 0.3) is 0 Å². The van der Waals surface area contributed by atoms with E-state index in [2.05, 4.69) is 31.9 Å². The van der Waals surface area contributed by atoms with E-state index in [0.717, 1.165) is 48.0 Å². The highest BCUT2D eigenvalue weighted by Gasteiger charge is 2.24. The Bertz CT molecular complexity index is 1180. The van der Waals surface area contributed by atoms with Crippen LogP contribution < -0.4 is 20.2 Å². The van der Waals surface area contributed by atoms with Crippen molar-refractivity contribution in [2.75, 3.05) is 33.9 Å². The Morgan fingerprint density at radius 2 is 1.82 bits per heavy atom. The molecule has 0 bridgehead atoms. The SMILES string of the molecule is COc1cc(OC)c(F)c(Cc2c[nH]c3ncc(C4=CN(C5CCNCC5)NC4)cc23)c1F. The lowest BCUT2D eigenvalue weighted by atomic mass is 10.0. The first-order valence-corrected chi connectivity index (χ1v) is 11.1. The van der Waals surface area contributed by atoms with Gasteiger partial charge in [0, 0.05) is 54.6 Å². The molecule has 0 amide bonds. The molecule has 174 valence electrons. The van der Waals surface area contributed by atoms with Gasteiger partial charge in [0.05, 0.1) is 14.2 Å². The average molecular weight is 456 g/mol. The van der Waals surface area contributed by atoms with Crippen molar-refractivity contribution in [2.45, 2.75) is 25.3 Å². The summed E-state index contributed by atoms with van der Waals surface area (Å²) in [5.74, 6) is -1.56. The summed E-state index contributed by atoms with van der Waals surface area (Å²) in [5.41, 5.74) is 6.90. The Morgan fingerprint density at radius 1 is 1.09 bits per heavy atom. The number of aromatic amines is 1. The molecule has 33 heavy (non-hydrogen) atoms. The first kappa shape index (κ1) is 21.7. The number of rotatable bonds is 6. The molecular formula is C24H27F2N5O2. The highest BCUT2D eigenvalue weighted by atomic mass is 19.1. The van der Waals surface area contributed by atoms with Gasteiger partial charge in [-0.2, -0.15) is 0 Å². The van der Waals surface area contributed by atoms with Gasteiger partial charge in [0.2, 0.25) is 0 Å². The van der Waals surface area contributed by atoms with E-state index < -0.39 is 11.6 Å². The third kappa shape index (κ3) is 4.02. The van der Waals surface area contributed by atoms with Gasteiger partial charge in [-0.3, -0.25) is 0 Å². The second kappa shape index (κ2) is 8.99. The van der Waals surface area contributed by atoms with Crippen molar-refractivity contribution < 1.29 is 18.3 Å². The first-order valence-electron chi connectivity index (χ1n) is 11.1. The van der Waals surface area contributed by atoms with Crippen LogP contribution >= 0.6 is 0 Å². The Balaban J connectivity index is 1.47. The largest absolute Gasteiger partial charge is 0.494 e. The summed E-state index contributed by atoms with van der Waals surface area (Å²) < 4.78 is 40.0.